The highest BCUT2D eigenvalue weighted by molar-refractivity contribution is 6.34. The third-order valence-electron chi connectivity index (χ3n) is 4.51. The van der Waals surface area contributed by atoms with Crippen molar-refractivity contribution in [2.75, 3.05) is 0 Å². The molecule has 1 N–H and O–H groups in total. The van der Waals surface area contributed by atoms with Crippen LogP contribution in [0, 0.1) is 6.92 Å². The summed E-state index contributed by atoms with van der Waals surface area (Å²) in [4.78, 5) is 27.2. The van der Waals surface area contributed by atoms with Gasteiger partial charge < -0.3 is 4.84 Å². The summed E-state index contributed by atoms with van der Waals surface area (Å²) < 4.78 is 42.1. The highest BCUT2D eigenvalue weighted by Crippen LogP contribution is 2.49. The number of imide groups is 1. The van der Waals surface area contributed by atoms with Gasteiger partial charge in [-0.3, -0.25) is 14.9 Å². The van der Waals surface area contributed by atoms with Crippen LogP contribution < -0.4 is 5.32 Å². The molecule has 0 aliphatic carbocycles. The number of hydrogen-bond donors (Lipinski definition) is 1. The van der Waals surface area contributed by atoms with Gasteiger partial charge in [0.15, 0.2) is 0 Å². The fraction of sp³-hybridized carbons (Fsp3) is 0.211. The van der Waals surface area contributed by atoms with E-state index >= 15 is 0 Å². The fourth-order valence-corrected chi connectivity index (χ4v) is 3.60. The van der Waals surface area contributed by atoms with Crippen molar-refractivity contribution in [1.29, 1.82) is 0 Å². The molecule has 0 spiro atoms. The Balaban J connectivity index is 1.98. The number of oxime groups is 1. The van der Waals surface area contributed by atoms with E-state index in [0.717, 1.165) is 12.1 Å². The summed E-state index contributed by atoms with van der Waals surface area (Å²) in [7, 11) is 0. The van der Waals surface area contributed by atoms with Crippen LogP contribution in [0.2, 0.25) is 10.0 Å². The predicted molar refractivity (Wildman–Crippen MR) is 101 cm³/mol. The first-order valence-corrected chi connectivity index (χ1v) is 8.97. The zero-order valence-electron chi connectivity index (χ0n) is 14.8. The van der Waals surface area contributed by atoms with Crippen LogP contribution in [0.1, 0.15) is 33.5 Å². The smallest absolute Gasteiger partial charge is 0.374 e. The van der Waals surface area contributed by atoms with Gasteiger partial charge >= 0.3 is 6.18 Å². The molecule has 0 bridgehead atoms. The van der Waals surface area contributed by atoms with Crippen molar-refractivity contribution >= 4 is 41.2 Å². The van der Waals surface area contributed by atoms with Gasteiger partial charge in [0.25, 0.3) is 11.5 Å². The number of aryl methyl sites for hydroxylation is 1. The van der Waals surface area contributed by atoms with Gasteiger partial charge in [-0.2, -0.15) is 13.2 Å². The van der Waals surface area contributed by atoms with Crippen molar-refractivity contribution in [2.24, 2.45) is 5.16 Å². The Bertz CT molecular complexity index is 1000. The number of amides is 2. The molecule has 152 valence electrons. The first-order chi connectivity index (χ1) is 13.6. The minimum Gasteiger partial charge on any atom is -0.374 e. The van der Waals surface area contributed by atoms with Gasteiger partial charge in [0, 0.05) is 27.6 Å². The largest absolute Gasteiger partial charge is 0.435 e. The average molecular weight is 445 g/mol. The van der Waals surface area contributed by atoms with Crippen molar-refractivity contribution in [2.45, 2.75) is 25.1 Å². The van der Waals surface area contributed by atoms with Gasteiger partial charge in [-0.25, -0.2) is 0 Å². The Kier molecular flexibility index (Phi) is 5.60. The molecule has 1 heterocycles. The summed E-state index contributed by atoms with van der Waals surface area (Å²) in [5.41, 5.74) is -1.93. The fourth-order valence-electron chi connectivity index (χ4n) is 3.07. The number of nitrogens with one attached hydrogen (secondary N) is 1. The lowest BCUT2D eigenvalue weighted by atomic mass is 9.86. The molecule has 0 saturated carbocycles. The zero-order chi connectivity index (χ0) is 21.4. The minimum atomic E-state index is -4.80. The van der Waals surface area contributed by atoms with Gasteiger partial charge in [-0.05, 0) is 48.4 Å². The first-order valence-electron chi connectivity index (χ1n) is 8.21. The lowest BCUT2D eigenvalue weighted by Gasteiger charge is -2.29. The van der Waals surface area contributed by atoms with Crippen LogP contribution in [0.25, 0.3) is 0 Å². The molecule has 2 aromatic carbocycles. The molecule has 0 fully saturated rings. The maximum Gasteiger partial charge on any atom is 0.435 e. The van der Waals surface area contributed by atoms with Crippen molar-refractivity contribution in [3.8, 4) is 0 Å². The molecule has 29 heavy (non-hydrogen) atoms. The van der Waals surface area contributed by atoms with E-state index in [9.17, 15) is 22.8 Å². The second kappa shape index (κ2) is 7.68. The monoisotopic (exact) mass is 444 g/mol. The molecule has 10 heteroatoms. The number of nitrogens with zero attached hydrogens (tertiary/aromatic N) is 1. The molecule has 2 amide bonds. The zero-order valence-corrected chi connectivity index (χ0v) is 16.3. The number of carbonyl (C=O) groups excluding carboxylic acids is 2. The van der Waals surface area contributed by atoms with Gasteiger partial charge in [-0.15, -0.1) is 0 Å². The Hall–Kier alpha value is -2.58. The molecule has 0 saturated heterocycles. The normalized spacial score (nSPS) is 18.8. The van der Waals surface area contributed by atoms with Crippen LogP contribution in [0.5, 0.6) is 0 Å². The molecule has 1 aliphatic heterocycles. The number of rotatable bonds is 4. The molecule has 1 aliphatic rings. The molecular weight excluding hydrogens is 432 g/mol. The van der Waals surface area contributed by atoms with Crippen molar-refractivity contribution < 1.29 is 27.6 Å². The van der Waals surface area contributed by atoms with E-state index in [1.807, 2.05) is 5.32 Å². The van der Waals surface area contributed by atoms with Crippen molar-refractivity contribution in [3.05, 3.63) is 68.7 Å². The van der Waals surface area contributed by atoms with Crippen LogP contribution in [-0.2, 0) is 15.2 Å². The molecular formula is C19H13Cl2F3N2O3. The number of carbonyl (C=O) groups is 2. The number of halogens is 5. The second-order valence-corrected chi connectivity index (χ2v) is 7.28. The Labute approximate surface area is 173 Å². The van der Waals surface area contributed by atoms with E-state index < -0.39 is 24.1 Å². The summed E-state index contributed by atoms with van der Waals surface area (Å²) in [6.45, 7) is 1.59. The topological polar surface area (TPSA) is 67.8 Å². The maximum atomic E-state index is 14.0. The van der Waals surface area contributed by atoms with Crippen LogP contribution in [0.15, 0.2) is 41.6 Å². The molecule has 0 radical (unpaired) electrons. The van der Waals surface area contributed by atoms with Gasteiger partial charge in [0.05, 0.1) is 5.71 Å². The van der Waals surface area contributed by atoms with Gasteiger partial charge in [0.2, 0.25) is 6.41 Å². The highest BCUT2D eigenvalue weighted by Gasteiger charge is 2.62. The van der Waals surface area contributed by atoms with Crippen LogP contribution >= 0.6 is 23.2 Å². The minimum absolute atomic E-state index is 0.0366. The lowest BCUT2D eigenvalue weighted by molar-refractivity contribution is -0.275. The third kappa shape index (κ3) is 3.95. The van der Waals surface area contributed by atoms with Crippen LogP contribution in [0.4, 0.5) is 13.2 Å². The quantitative estimate of drug-likeness (QED) is 0.690. The highest BCUT2D eigenvalue weighted by atomic mass is 35.5. The number of alkyl halides is 3. The summed E-state index contributed by atoms with van der Waals surface area (Å²) >= 11 is 11.8. The molecule has 1 unspecified atom stereocenters. The average Bonchev–Trinajstić information content (AvgIpc) is 3.07. The molecule has 1 atom stereocenters. The molecule has 2 aromatic rings. The van der Waals surface area contributed by atoms with E-state index in [0.29, 0.717) is 11.1 Å². The van der Waals surface area contributed by atoms with Crippen LogP contribution in [-0.4, -0.2) is 24.2 Å². The Morgan fingerprint density at radius 1 is 1.21 bits per heavy atom. The van der Waals surface area contributed by atoms with Gasteiger partial charge in [-0.1, -0.05) is 34.4 Å². The summed E-state index contributed by atoms with van der Waals surface area (Å²) in [5, 5.41) is 5.75. The van der Waals surface area contributed by atoms with Crippen molar-refractivity contribution in [3.63, 3.8) is 0 Å². The maximum absolute atomic E-state index is 14.0. The SMILES string of the molecule is Cc1cc(C2=NOC(c3cc(Cl)cc(Cl)c3)(C(F)(F)F)C2)ccc1C(=O)NC=O. The predicted octanol–water partition coefficient (Wildman–Crippen LogP) is 4.77. The third-order valence-corrected chi connectivity index (χ3v) is 4.95. The summed E-state index contributed by atoms with van der Waals surface area (Å²) in [5.74, 6) is -0.619. The molecule has 3 rings (SSSR count). The first kappa shape index (κ1) is 21.1. The van der Waals surface area contributed by atoms with E-state index in [-0.39, 0.29) is 33.3 Å². The Morgan fingerprint density at radius 3 is 2.41 bits per heavy atom. The Morgan fingerprint density at radius 2 is 1.86 bits per heavy atom. The lowest BCUT2D eigenvalue weighted by Crippen LogP contribution is -2.42. The van der Waals surface area contributed by atoms with E-state index in [4.69, 9.17) is 28.0 Å². The summed E-state index contributed by atoms with van der Waals surface area (Å²) in [6.07, 6.45) is -5.16. The van der Waals surface area contributed by atoms with Gasteiger partial charge in [0.1, 0.15) is 0 Å². The van der Waals surface area contributed by atoms with Crippen molar-refractivity contribution in [1.82, 2.24) is 5.32 Å². The van der Waals surface area contributed by atoms with E-state index in [1.54, 1.807) is 6.92 Å². The molecule has 0 aromatic heterocycles. The van der Waals surface area contributed by atoms with E-state index in [1.165, 1.54) is 24.3 Å². The second-order valence-electron chi connectivity index (χ2n) is 6.41. The number of benzene rings is 2. The summed E-state index contributed by atoms with van der Waals surface area (Å²) in [6, 6.07) is 7.93. The number of hydrogen-bond acceptors (Lipinski definition) is 4. The molecule has 5 nitrogen and oxygen atoms in total. The van der Waals surface area contributed by atoms with Crippen LogP contribution in [0.3, 0.4) is 0 Å². The van der Waals surface area contributed by atoms with E-state index in [2.05, 4.69) is 5.16 Å². The standard InChI is InChI=1S/C19H13Cl2F3N2O3/c1-10-4-11(2-3-15(10)17(28)25-9-27)16-8-18(29-26-16,19(22,23)24)12-5-13(20)7-14(21)6-12/h2-7,9H,8H2,1H3,(H,25,27,28).